The molecule has 1 aromatic carbocycles. The maximum absolute atomic E-state index is 12.1. The summed E-state index contributed by atoms with van der Waals surface area (Å²) in [6.07, 6.45) is 8.52. The summed E-state index contributed by atoms with van der Waals surface area (Å²) >= 11 is 0. The molecule has 1 aromatic rings. The number of rotatable bonds is 7. The Labute approximate surface area is 150 Å². The Morgan fingerprint density at radius 1 is 1.20 bits per heavy atom. The Morgan fingerprint density at radius 3 is 2.80 bits per heavy atom. The predicted octanol–water partition coefficient (Wildman–Crippen LogP) is 3.64. The zero-order chi connectivity index (χ0) is 17.4. The van der Waals surface area contributed by atoms with E-state index in [4.69, 9.17) is 9.47 Å². The fourth-order valence-corrected chi connectivity index (χ4v) is 3.89. The summed E-state index contributed by atoms with van der Waals surface area (Å²) < 4.78 is 11.7. The van der Waals surface area contributed by atoms with Gasteiger partial charge >= 0.3 is 6.03 Å². The number of hydrogen-bond acceptors (Lipinski definition) is 3. The van der Waals surface area contributed by atoms with Crippen molar-refractivity contribution in [1.29, 1.82) is 0 Å². The van der Waals surface area contributed by atoms with E-state index in [9.17, 15) is 4.79 Å². The van der Waals surface area contributed by atoms with Gasteiger partial charge in [0.15, 0.2) is 0 Å². The number of ether oxygens (including phenoxy) is 2. The number of hydrogen-bond donors (Lipinski definition) is 2. The van der Waals surface area contributed by atoms with Gasteiger partial charge in [-0.15, -0.1) is 0 Å². The van der Waals surface area contributed by atoms with E-state index in [1.165, 1.54) is 12.8 Å². The molecule has 2 amide bonds. The minimum absolute atomic E-state index is 0.0466. The third-order valence-electron chi connectivity index (χ3n) is 5.21. The van der Waals surface area contributed by atoms with Crippen molar-refractivity contribution in [3.63, 3.8) is 0 Å². The van der Waals surface area contributed by atoms with E-state index < -0.39 is 0 Å². The van der Waals surface area contributed by atoms with Gasteiger partial charge in [-0.25, -0.2) is 4.79 Å². The maximum atomic E-state index is 12.1. The second kappa shape index (κ2) is 9.09. The van der Waals surface area contributed by atoms with Crippen molar-refractivity contribution in [3.05, 3.63) is 30.3 Å². The molecule has 5 nitrogen and oxygen atoms in total. The highest BCUT2D eigenvalue weighted by atomic mass is 16.5. The Balaban J connectivity index is 1.25. The molecular weight excluding hydrogens is 316 g/mol. The van der Waals surface area contributed by atoms with Crippen LogP contribution in [0.3, 0.4) is 0 Å². The molecule has 0 bridgehead atoms. The fraction of sp³-hybridized carbons (Fsp3) is 0.650. The quantitative estimate of drug-likeness (QED) is 0.741. The molecule has 5 heteroatoms. The molecule has 1 unspecified atom stereocenters. The van der Waals surface area contributed by atoms with Gasteiger partial charge in [-0.1, -0.05) is 31.0 Å². The van der Waals surface area contributed by atoms with Crippen LogP contribution in [0.5, 0.6) is 5.75 Å². The zero-order valence-corrected chi connectivity index (χ0v) is 15.0. The number of carbonyl (C=O) groups is 1. The summed E-state index contributed by atoms with van der Waals surface area (Å²) in [6.45, 7) is 2.12. The molecule has 1 spiro atoms. The SMILES string of the molecule is O=C(NCCCCOc1ccccc1)NC1CCOC2(CCCC2)C1. The summed E-state index contributed by atoms with van der Waals surface area (Å²) in [5, 5.41) is 6.09. The summed E-state index contributed by atoms with van der Waals surface area (Å²) in [4.78, 5) is 12.1. The number of amides is 2. The van der Waals surface area contributed by atoms with Crippen LogP contribution in [-0.4, -0.2) is 37.4 Å². The first-order valence-corrected chi connectivity index (χ1v) is 9.62. The number of urea groups is 1. The van der Waals surface area contributed by atoms with Gasteiger partial charge in [0.05, 0.1) is 12.2 Å². The Bertz CT molecular complexity index is 529. The van der Waals surface area contributed by atoms with Gasteiger partial charge in [-0.3, -0.25) is 0 Å². The lowest BCUT2D eigenvalue weighted by molar-refractivity contribution is -0.0820. The molecule has 1 saturated carbocycles. The molecular formula is C20H30N2O3. The largest absolute Gasteiger partial charge is 0.494 e. The average molecular weight is 346 g/mol. The van der Waals surface area contributed by atoms with Gasteiger partial charge in [-0.2, -0.15) is 0 Å². The van der Waals surface area contributed by atoms with Gasteiger partial charge in [0.1, 0.15) is 5.75 Å². The zero-order valence-electron chi connectivity index (χ0n) is 15.0. The van der Waals surface area contributed by atoms with Crippen molar-refractivity contribution >= 4 is 6.03 Å². The fourth-order valence-electron chi connectivity index (χ4n) is 3.89. The second-order valence-corrected chi connectivity index (χ2v) is 7.20. The third-order valence-corrected chi connectivity index (χ3v) is 5.21. The molecule has 0 radical (unpaired) electrons. The van der Waals surface area contributed by atoms with Crippen LogP contribution < -0.4 is 15.4 Å². The van der Waals surface area contributed by atoms with Crippen LogP contribution in [-0.2, 0) is 4.74 Å². The molecule has 2 aliphatic rings. The van der Waals surface area contributed by atoms with Crippen LogP contribution in [0.15, 0.2) is 30.3 Å². The number of para-hydroxylation sites is 1. The highest BCUT2D eigenvalue weighted by Crippen LogP contribution is 2.39. The van der Waals surface area contributed by atoms with Gasteiger partial charge in [0.25, 0.3) is 0 Å². The highest BCUT2D eigenvalue weighted by molar-refractivity contribution is 5.74. The minimum atomic E-state index is -0.0518. The molecule has 2 N–H and O–H groups in total. The maximum Gasteiger partial charge on any atom is 0.315 e. The molecule has 1 heterocycles. The molecule has 138 valence electrons. The number of benzene rings is 1. The van der Waals surface area contributed by atoms with Crippen molar-refractivity contribution in [2.45, 2.75) is 63.0 Å². The molecule has 1 aliphatic carbocycles. The monoisotopic (exact) mass is 346 g/mol. The van der Waals surface area contributed by atoms with Crippen molar-refractivity contribution in [3.8, 4) is 5.75 Å². The highest BCUT2D eigenvalue weighted by Gasteiger charge is 2.40. The van der Waals surface area contributed by atoms with E-state index in [0.29, 0.717) is 13.2 Å². The lowest BCUT2D eigenvalue weighted by Gasteiger charge is -2.38. The van der Waals surface area contributed by atoms with Gasteiger partial charge in [0, 0.05) is 19.2 Å². The Morgan fingerprint density at radius 2 is 2.00 bits per heavy atom. The summed E-state index contributed by atoms with van der Waals surface area (Å²) in [5.41, 5.74) is 0.0466. The van der Waals surface area contributed by atoms with E-state index in [-0.39, 0.29) is 17.7 Å². The normalized spacial score (nSPS) is 21.8. The van der Waals surface area contributed by atoms with Crippen molar-refractivity contribution in [2.75, 3.05) is 19.8 Å². The number of unbranched alkanes of at least 4 members (excludes halogenated alkanes) is 1. The number of nitrogens with one attached hydrogen (secondary N) is 2. The third kappa shape index (κ3) is 5.63. The van der Waals surface area contributed by atoms with Crippen molar-refractivity contribution < 1.29 is 14.3 Å². The average Bonchev–Trinajstić information content (AvgIpc) is 3.06. The lowest BCUT2D eigenvalue weighted by atomic mass is 9.89. The molecule has 1 saturated heterocycles. The molecule has 0 aromatic heterocycles. The molecule has 2 fully saturated rings. The molecule has 1 atom stereocenters. The predicted molar refractivity (Wildman–Crippen MR) is 97.9 cm³/mol. The van der Waals surface area contributed by atoms with Crippen LogP contribution in [0.25, 0.3) is 0 Å². The van der Waals surface area contributed by atoms with Gasteiger partial charge < -0.3 is 20.1 Å². The first kappa shape index (κ1) is 18.1. The first-order chi connectivity index (χ1) is 12.3. The van der Waals surface area contributed by atoms with Gasteiger partial charge in [0.2, 0.25) is 0 Å². The van der Waals surface area contributed by atoms with Crippen LogP contribution in [0.4, 0.5) is 4.79 Å². The van der Waals surface area contributed by atoms with Crippen LogP contribution in [0, 0.1) is 0 Å². The topological polar surface area (TPSA) is 59.6 Å². The van der Waals surface area contributed by atoms with Crippen LogP contribution >= 0.6 is 0 Å². The standard InChI is InChI=1S/C20H30N2O3/c23-19(21-13-6-7-14-24-18-8-2-1-3-9-18)22-17-10-15-25-20(16-17)11-4-5-12-20/h1-3,8-9,17H,4-7,10-16H2,(H2,21,22,23). The van der Waals surface area contributed by atoms with Gasteiger partial charge in [-0.05, 0) is 50.7 Å². The minimum Gasteiger partial charge on any atom is -0.494 e. The summed E-state index contributed by atoms with van der Waals surface area (Å²) in [6, 6.07) is 10.0. The van der Waals surface area contributed by atoms with E-state index in [1.807, 2.05) is 30.3 Å². The smallest absolute Gasteiger partial charge is 0.315 e. The van der Waals surface area contributed by atoms with E-state index in [2.05, 4.69) is 10.6 Å². The summed E-state index contributed by atoms with van der Waals surface area (Å²) in [7, 11) is 0. The van der Waals surface area contributed by atoms with Crippen LogP contribution in [0.2, 0.25) is 0 Å². The van der Waals surface area contributed by atoms with Crippen molar-refractivity contribution in [1.82, 2.24) is 10.6 Å². The lowest BCUT2D eigenvalue weighted by Crippen LogP contribution is -2.50. The Kier molecular flexibility index (Phi) is 6.56. The molecule has 1 aliphatic heterocycles. The van der Waals surface area contributed by atoms with E-state index in [1.54, 1.807) is 0 Å². The molecule has 3 rings (SSSR count). The van der Waals surface area contributed by atoms with E-state index in [0.717, 1.165) is 50.9 Å². The number of carbonyl (C=O) groups excluding carboxylic acids is 1. The van der Waals surface area contributed by atoms with E-state index >= 15 is 0 Å². The second-order valence-electron chi connectivity index (χ2n) is 7.20. The molecule has 25 heavy (non-hydrogen) atoms. The van der Waals surface area contributed by atoms with Crippen LogP contribution in [0.1, 0.15) is 51.4 Å². The Hall–Kier alpha value is -1.75. The summed E-state index contributed by atoms with van der Waals surface area (Å²) in [5.74, 6) is 0.897. The van der Waals surface area contributed by atoms with Crippen molar-refractivity contribution in [2.24, 2.45) is 0 Å². The first-order valence-electron chi connectivity index (χ1n) is 9.62.